The van der Waals surface area contributed by atoms with Crippen molar-refractivity contribution in [2.75, 3.05) is 37.6 Å². The molecule has 2 aliphatic heterocycles. The number of rotatable bonds is 5. The minimum absolute atomic E-state index is 0.0689. The van der Waals surface area contributed by atoms with Gasteiger partial charge in [-0.3, -0.25) is 19.3 Å². The molecule has 5 rings (SSSR count). The summed E-state index contributed by atoms with van der Waals surface area (Å²) in [6.07, 6.45) is 0.800. The van der Waals surface area contributed by atoms with E-state index in [4.69, 9.17) is 0 Å². The fourth-order valence-electron chi connectivity index (χ4n) is 4.26. The number of anilines is 1. The van der Waals surface area contributed by atoms with Crippen molar-refractivity contribution in [3.05, 3.63) is 59.7 Å². The monoisotopic (exact) mass is 434 g/mol. The van der Waals surface area contributed by atoms with Gasteiger partial charge in [0.05, 0.1) is 15.8 Å². The highest BCUT2D eigenvalue weighted by Crippen LogP contribution is 2.30. The Bertz CT molecular complexity index is 1130. The Hall–Kier alpha value is -3.26. The summed E-state index contributed by atoms with van der Waals surface area (Å²) in [5.74, 6) is 0.534. The van der Waals surface area contributed by atoms with Crippen molar-refractivity contribution in [3.8, 4) is 0 Å². The van der Waals surface area contributed by atoms with Gasteiger partial charge < -0.3 is 9.80 Å². The zero-order chi connectivity index (χ0) is 21.4. The molecule has 3 amide bonds. The first-order valence-electron chi connectivity index (χ1n) is 10.5. The number of hydrogen-bond acceptors (Lipinski definition) is 6. The van der Waals surface area contributed by atoms with Crippen LogP contribution in [0.4, 0.5) is 5.82 Å². The number of imide groups is 1. The molecule has 0 aliphatic carbocycles. The van der Waals surface area contributed by atoms with E-state index in [0.29, 0.717) is 37.1 Å². The van der Waals surface area contributed by atoms with E-state index in [-0.39, 0.29) is 24.3 Å². The lowest BCUT2D eigenvalue weighted by Crippen LogP contribution is -2.49. The predicted octanol–water partition coefficient (Wildman–Crippen LogP) is 3.02. The van der Waals surface area contributed by atoms with Crippen LogP contribution >= 0.6 is 11.5 Å². The van der Waals surface area contributed by atoms with E-state index in [1.54, 1.807) is 24.3 Å². The molecule has 158 valence electrons. The standard InChI is InChI=1S/C23H22N4O3S/c28-20(10-5-11-27-22(29)16-6-1-2-7-17(16)23(27)30)25-12-14-26(15-13-25)21-18-8-3-4-9-19(18)31-24-21/h1-4,6-9H,5,10-15H2. The van der Waals surface area contributed by atoms with Crippen LogP contribution in [0.5, 0.6) is 0 Å². The molecule has 0 atom stereocenters. The summed E-state index contributed by atoms with van der Waals surface area (Å²) in [6.45, 7) is 3.06. The van der Waals surface area contributed by atoms with Crippen molar-refractivity contribution in [1.82, 2.24) is 14.2 Å². The number of amides is 3. The highest BCUT2D eigenvalue weighted by atomic mass is 32.1. The van der Waals surface area contributed by atoms with Gasteiger partial charge in [-0.15, -0.1) is 0 Å². The van der Waals surface area contributed by atoms with E-state index in [1.807, 2.05) is 17.0 Å². The zero-order valence-electron chi connectivity index (χ0n) is 17.0. The maximum Gasteiger partial charge on any atom is 0.261 e. The smallest absolute Gasteiger partial charge is 0.261 e. The lowest BCUT2D eigenvalue weighted by Gasteiger charge is -2.35. The SMILES string of the molecule is O=C(CCCN1C(=O)c2ccccc2C1=O)N1CCN(c2nsc3ccccc23)CC1. The van der Waals surface area contributed by atoms with Crippen LogP contribution in [0.2, 0.25) is 0 Å². The molecule has 0 saturated carbocycles. The fraction of sp³-hybridized carbons (Fsp3) is 0.304. The van der Waals surface area contributed by atoms with Crippen LogP contribution < -0.4 is 4.90 Å². The molecule has 0 N–H and O–H groups in total. The summed E-state index contributed by atoms with van der Waals surface area (Å²) in [5, 5.41) is 1.16. The average Bonchev–Trinajstić information content (AvgIpc) is 3.34. The first kappa shape index (κ1) is 19.7. The maximum absolute atomic E-state index is 12.7. The highest BCUT2D eigenvalue weighted by Gasteiger charge is 2.34. The van der Waals surface area contributed by atoms with Crippen LogP contribution in [0.15, 0.2) is 48.5 Å². The zero-order valence-corrected chi connectivity index (χ0v) is 17.8. The van der Waals surface area contributed by atoms with Crippen molar-refractivity contribution in [3.63, 3.8) is 0 Å². The molecule has 2 aliphatic rings. The van der Waals surface area contributed by atoms with Crippen molar-refractivity contribution in [2.45, 2.75) is 12.8 Å². The van der Waals surface area contributed by atoms with E-state index >= 15 is 0 Å². The third-order valence-corrected chi connectivity index (χ3v) is 6.76. The molecule has 1 aromatic heterocycles. The molecule has 3 heterocycles. The molecule has 8 heteroatoms. The number of piperazine rings is 1. The van der Waals surface area contributed by atoms with Gasteiger partial charge in [0.1, 0.15) is 5.82 Å². The number of benzene rings is 2. The molecule has 0 radical (unpaired) electrons. The van der Waals surface area contributed by atoms with Crippen LogP contribution in [-0.4, -0.2) is 64.6 Å². The van der Waals surface area contributed by atoms with E-state index in [0.717, 1.165) is 24.3 Å². The van der Waals surface area contributed by atoms with Gasteiger partial charge >= 0.3 is 0 Å². The average molecular weight is 435 g/mol. The Morgan fingerprint density at radius 3 is 2.26 bits per heavy atom. The molecule has 0 unspecified atom stereocenters. The molecular formula is C23H22N4O3S. The Morgan fingerprint density at radius 1 is 0.903 bits per heavy atom. The Labute approximate surface area is 184 Å². The number of fused-ring (bicyclic) bond motifs is 2. The molecule has 31 heavy (non-hydrogen) atoms. The fourth-order valence-corrected chi connectivity index (χ4v) is 5.05. The third-order valence-electron chi connectivity index (χ3n) is 5.94. The summed E-state index contributed by atoms with van der Waals surface area (Å²) in [5.41, 5.74) is 0.897. The molecule has 1 saturated heterocycles. The summed E-state index contributed by atoms with van der Waals surface area (Å²) in [7, 11) is 0. The van der Waals surface area contributed by atoms with Crippen LogP contribution in [0.25, 0.3) is 10.1 Å². The van der Waals surface area contributed by atoms with Gasteiger partial charge in [0.25, 0.3) is 11.8 Å². The number of hydrogen-bond donors (Lipinski definition) is 0. The van der Waals surface area contributed by atoms with Crippen LogP contribution in [0, 0.1) is 0 Å². The van der Waals surface area contributed by atoms with Gasteiger partial charge in [-0.05, 0) is 42.2 Å². The first-order valence-corrected chi connectivity index (χ1v) is 11.2. The predicted molar refractivity (Wildman–Crippen MR) is 119 cm³/mol. The van der Waals surface area contributed by atoms with Gasteiger partial charge in [0.15, 0.2) is 0 Å². The lowest BCUT2D eigenvalue weighted by molar-refractivity contribution is -0.131. The quantitative estimate of drug-likeness (QED) is 0.577. The van der Waals surface area contributed by atoms with Crippen molar-refractivity contribution in [1.29, 1.82) is 0 Å². The van der Waals surface area contributed by atoms with E-state index in [9.17, 15) is 14.4 Å². The van der Waals surface area contributed by atoms with Crippen molar-refractivity contribution >= 4 is 45.2 Å². The van der Waals surface area contributed by atoms with Gasteiger partial charge in [-0.25, -0.2) is 0 Å². The minimum atomic E-state index is -0.267. The summed E-state index contributed by atoms with van der Waals surface area (Å²) in [6, 6.07) is 15.1. The second-order valence-electron chi connectivity index (χ2n) is 7.78. The van der Waals surface area contributed by atoms with Gasteiger partial charge in [0, 0.05) is 44.5 Å². The van der Waals surface area contributed by atoms with Gasteiger partial charge in [0.2, 0.25) is 5.91 Å². The Morgan fingerprint density at radius 2 is 1.55 bits per heavy atom. The number of aromatic nitrogens is 1. The number of carbonyl (C=O) groups excluding carboxylic acids is 3. The first-order chi connectivity index (χ1) is 15.1. The maximum atomic E-state index is 12.7. The molecule has 0 spiro atoms. The minimum Gasteiger partial charge on any atom is -0.352 e. The van der Waals surface area contributed by atoms with Crippen molar-refractivity contribution < 1.29 is 14.4 Å². The summed E-state index contributed by atoms with van der Waals surface area (Å²) in [4.78, 5) is 42.9. The largest absolute Gasteiger partial charge is 0.352 e. The Balaban J connectivity index is 1.13. The summed E-state index contributed by atoms with van der Waals surface area (Å²) < 4.78 is 5.78. The lowest BCUT2D eigenvalue weighted by atomic mass is 10.1. The molecular weight excluding hydrogens is 412 g/mol. The van der Waals surface area contributed by atoms with Crippen LogP contribution in [0.1, 0.15) is 33.6 Å². The number of carbonyl (C=O) groups is 3. The molecule has 2 aromatic carbocycles. The second-order valence-corrected chi connectivity index (χ2v) is 8.59. The number of nitrogens with zero attached hydrogens (tertiary/aromatic N) is 4. The van der Waals surface area contributed by atoms with Crippen LogP contribution in [-0.2, 0) is 4.79 Å². The normalized spacial score (nSPS) is 16.3. The molecule has 0 bridgehead atoms. The summed E-state index contributed by atoms with van der Waals surface area (Å²) >= 11 is 1.50. The van der Waals surface area contributed by atoms with Crippen molar-refractivity contribution in [2.24, 2.45) is 0 Å². The van der Waals surface area contributed by atoms with Gasteiger partial charge in [-0.2, -0.15) is 4.37 Å². The second kappa shape index (κ2) is 8.11. The molecule has 1 fully saturated rings. The van der Waals surface area contributed by atoms with E-state index in [2.05, 4.69) is 21.4 Å². The van der Waals surface area contributed by atoms with Gasteiger partial charge in [-0.1, -0.05) is 24.3 Å². The third kappa shape index (κ3) is 3.57. The molecule has 3 aromatic rings. The Kier molecular flexibility index (Phi) is 5.15. The van der Waals surface area contributed by atoms with E-state index < -0.39 is 0 Å². The van der Waals surface area contributed by atoms with E-state index in [1.165, 1.54) is 21.1 Å². The molecule has 7 nitrogen and oxygen atoms in total. The van der Waals surface area contributed by atoms with Crippen LogP contribution in [0.3, 0.4) is 0 Å². The highest BCUT2D eigenvalue weighted by molar-refractivity contribution is 7.13. The topological polar surface area (TPSA) is 73.8 Å².